The van der Waals surface area contributed by atoms with Gasteiger partial charge in [-0.25, -0.2) is 0 Å². The van der Waals surface area contributed by atoms with E-state index in [1.807, 2.05) is 30.6 Å². The summed E-state index contributed by atoms with van der Waals surface area (Å²) >= 11 is 12.1. The Morgan fingerprint density at radius 1 is 0.864 bits per heavy atom. The fourth-order valence-corrected chi connectivity index (χ4v) is 2.52. The molecule has 1 aromatic carbocycles. The second kappa shape index (κ2) is 8.49. The molecule has 0 N–H and O–H groups in total. The fourth-order valence-electron chi connectivity index (χ4n) is 2.20. The number of nitrogens with zero attached hydrogens (tertiary/aromatic N) is 3. The van der Waals surface area contributed by atoms with E-state index in [1.165, 1.54) is 11.1 Å². The number of benzene rings is 1. The summed E-state index contributed by atoms with van der Waals surface area (Å²) < 4.78 is 0. The average molecular weight is 338 g/mol. The first-order chi connectivity index (χ1) is 10.5. The Labute approximate surface area is 142 Å². The summed E-state index contributed by atoms with van der Waals surface area (Å²) in [6.07, 6.45) is 3.66. The molecule has 0 bridgehead atoms. The normalized spacial score (nSPS) is 11.4. The summed E-state index contributed by atoms with van der Waals surface area (Å²) in [6, 6.07) is 9.94. The second-order valence-corrected chi connectivity index (χ2v) is 6.43. The van der Waals surface area contributed by atoms with Crippen molar-refractivity contribution in [2.24, 2.45) is 0 Å². The zero-order valence-electron chi connectivity index (χ0n) is 13.0. The number of rotatable bonds is 7. The Kier molecular flexibility index (Phi) is 6.65. The van der Waals surface area contributed by atoms with E-state index in [0.29, 0.717) is 10.0 Å². The maximum Gasteiger partial charge on any atom is 0.0595 e. The summed E-state index contributed by atoms with van der Waals surface area (Å²) in [6.45, 7) is 3.71. The summed E-state index contributed by atoms with van der Waals surface area (Å²) in [5, 5.41) is 1.20. The van der Waals surface area contributed by atoms with Gasteiger partial charge in [-0.3, -0.25) is 9.88 Å². The van der Waals surface area contributed by atoms with Gasteiger partial charge >= 0.3 is 0 Å². The molecule has 2 rings (SSSR count). The molecule has 5 heteroatoms. The summed E-state index contributed by atoms with van der Waals surface area (Å²) in [5.41, 5.74) is 2.43. The van der Waals surface area contributed by atoms with Crippen LogP contribution in [0.5, 0.6) is 0 Å². The molecule has 0 aliphatic carbocycles. The van der Waals surface area contributed by atoms with Crippen LogP contribution in [-0.2, 0) is 13.1 Å². The highest BCUT2D eigenvalue weighted by Gasteiger charge is 2.09. The SMILES string of the molecule is CN(C)CCN(Cc1ccncc1)Cc1ccc(Cl)c(Cl)c1. The van der Waals surface area contributed by atoms with Gasteiger partial charge < -0.3 is 4.90 Å². The van der Waals surface area contributed by atoms with Crippen LogP contribution in [0.3, 0.4) is 0 Å². The van der Waals surface area contributed by atoms with Gasteiger partial charge in [0.05, 0.1) is 10.0 Å². The van der Waals surface area contributed by atoms with Crippen molar-refractivity contribution in [3.63, 3.8) is 0 Å². The van der Waals surface area contributed by atoms with Crippen LogP contribution in [0, 0.1) is 0 Å². The van der Waals surface area contributed by atoms with Crippen LogP contribution < -0.4 is 0 Å². The Morgan fingerprint density at radius 3 is 2.18 bits per heavy atom. The lowest BCUT2D eigenvalue weighted by molar-refractivity contribution is 0.226. The van der Waals surface area contributed by atoms with Gasteiger partial charge in [-0.15, -0.1) is 0 Å². The van der Waals surface area contributed by atoms with E-state index in [1.54, 1.807) is 0 Å². The highest BCUT2D eigenvalue weighted by Crippen LogP contribution is 2.23. The van der Waals surface area contributed by atoms with Crippen molar-refractivity contribution < 1.29 is 0 Å². The maximum atomic E-state index is 6.12. The number of pyridine rings is 1. The van der Waals surface area contributed by atoms with Crippen molar-refractivity contribution in [3.8, 4) is 0 Å². The third-order valence-electron chi connectivity index (χ3n) is 3.41. The van der Waals surface area contributed by atoms with Gasteiger partial charge in [0.25, 0.3) is 0 Å². The van der Waals surface area contributed by atoms with Crippen LogP contribution in [0.2, 0.25) is 10.0 Å². The van der Waals surface area contributed by atoms with Crippen LogP contribution in [0.25, 0.3) is 0 Å². The highest BCUT2D eigenvalue weighted by molar-refractivity contribution is 6.42. The van der Waals surface area contributed by atoms with E-state index in [2.05, 4.69) is 41.0 Å². The minimum Gasteiger partial charge on any atom is -0.308 e. The zero-order valence-corrected chi connectivity index (χ0v) is 14.5. The minimum absolute atomic E-state index is 0.597. The monoisotopic (exact) mass is 337 g/mol. The van der Waals surface area contributed by atoms with Gasteiger partial charge in [-0.1, -0.05) is 29.3 Å². The largest absolute Gasteiger partial charge is 0.308 e. The molecule has 1 heterocycles. The molecular formula is C17H21Cl2N3. The summed E-state index contributed by atoms with van der Waals surface area (Å²) in [5.74, 6) is 0. The van der Waals surface area contributed by atoms with Crippen LogP contribution in [0.1, 0.15) is 11.1 Å². The molecule has 0 atom stereocenters. The summed E-state index contributed by atoms with van der Waals surface area (Å²) in [7, 11) is 4.17. The number of aromatic nitrogens is 1. The molecule has 1 aromatic heterocycles. The predicted octanol–water partition coefficient (Wildman–Crippen LogP) is 3.95. The van der Waals surface area contributed by atoms with Crippen molar-refractivity contribution in [2.75, 3.05) is 27.2 Å². The third kappa shape index (κ3) is 5.58. The molecule has 118 valence electrons. The van der Waals surface area contributed by atoms with Crippen LogP contribution >= 0.6 is 23.2 Å². The number of likely N-dealkylation sites (N-methyl/N-ethyl adjacent to an activating group) is 1. The molecule has 0 fully saturated rings. The predicted molar refractivity (Wildman–Crippen MR) is 93.4 cm³/mol. The lowest BCUT2D eigenvalue weighted by Gasteiger charge is -2.24. The van der Waals surface area contributed by atoms with E-state index >= 15 is 0 Å². The van der Waals surface area contributed by atoms with Gasteiger partial charge in [-0.2, -0.15) is 0 Å². The molecule has 22 heavy (non-hydrogen) atoms. The quantitative estimate of drug-likeness (QED) is 0.762. The highest BCUT2D eigenvalue weighted by atomic mass is 35.5. The van der Waals surface area contributed by atoms with Gasteiger partial charge in [0, 0.05) is 38.6 Å². The Morgan fingerprint density at radius 2 is 1.55 bits per heavy atom. The van der Waals surface area contributed by atoms with E-state index in [4.69, 9.17) is 23.2 Å². The van der Waals surface area contributed by atoms with Crippen molar-refractivity contribution in [1.82, 2.24) is 14.8 Å². The lowest BCUT2D eigenvalue weighted by atomic mass is 10.2. The number of hydrogen-bond donors (Lipinski definition) is 0. The van der Waals surface area contributed by atoms with Crippen LogP contribution in [0.15, 0.2) is 42.7 Å². The van der Waals surface area contributed by atoms with Crippen LogP contribution in [0.4, 0.5) is 0 Å². The van der Waals surface area contributed by atoms with E-state index in [9.17, 15) is 0 Å². The molecular weight excluding hydrogens is 317 g/mol. The second-order valence-electron chi connectivity index (χ2n) is 5.62. The van der Waals surface area contributed by atoms with Crippen molar-refractivity contribution in [1.29, 1.82) is 0 Å². The fraction of sp³-hybridized carbons (Fsp3) is 0.353. The molecule has 0 spiro atoms. The number of hydrogen-bond acceptors (Lipinski definition) is 3. The zero-order chi connectivity index (χ0) is 15.9. The Hall–Kier alpha value is -1.13. The molecule has 0 saturated heterocycles. The van der Waals surface area contributed by atoms with E-state index in [-0.39, 0.29) is 0 Å². The van der Waals surface area contributed by atoms with Gasteiger partial charge in [0.1, 0.15) is 0 Å². The topological polar surface area (TPSA) is 19.4 Å². The first-order valence-electron chi connectivity index (χ1n) is 7.24. The van der Waals surface area contributed by atoms with Gasteiger partial charge in [-0.05, 0) is 49.5 Å². The molecule has 0 aliphatic rings. The molecule has 0 aliphatic heterocycles. The standard InChI is InChI=1S/C17H21Cl2N3/c1-21(2)9-10-22(12-14-5-7-20-8-6-14)13-15-3-4-16(18)17(19)11-15/h3-8,11H,9-10,12-13H2,1-2H3. The average Bonchev–Trinajstić information content (AvgIpc) is 2.49. The van der Waals surface area contributed by atoms with Gasteiger partial charge in [0.2, 0.25) is 0 Å². The van der Waals surface area contributed by atoms with E-state index < -0.39 is 0 Å². The third-order valence-corrected chi connectivity index (χ3v) is 4.15. The first-order valence-corrected chi connectivity index (χ1v) is 8.00. The van der Waals surface area contributed by atoms with Crippen molar-refractivity contribution in [2.45, 2.75) is 13.1 Å². The Balaban J connectivity index is 2.07. The molecule has 0 radical (unpaired) electrons. The number of halogens is 2. The molecule has 2 aromatic rings. The molecule has 0 unspecified atom stereocenters. The molecule has 3 nitrogen and oxygen atoms in total. The van der Waals surface area contributed by atoms with Gasteiger partial charge in [0.15, 0.2) is 0 Å². The first kappa shape index (κ1) is 17.2. The lowest BCUT2D eigenvalue weighted by Crippen LogP contribution is -2.31. The summed E-state index contributed by atoms with van der Waals surface area (Å²) in [4.78, 5) is 8.66. The van der Waals surface area contributed by atoms with E-state index in [0.717, 1.165) is 26.2 Å². The Bertz CT molecular complexity index is 588. The smallest absolute Gasteiger partial charge is 0.0595 e. The molecule has 0 amide bonds. The maximum absolute atomic E-state index is 6.12. The van der Waals surface area contributed by atoms with Crippen LogP contribution in [-0.4, -0.2) is 42.0 Å². The van der Waals surface area contributed by atoms with Crippen molar-refractivity contribution >= 4 is 23.2 Å². The molecule has 0 saturated carbocycles. The minimum atomic E-state index is 0.597. The van der Waals surface area contributed by atoms with Crippen molar-refractivity contribution in [3.05, 3.63) is 63.9 Å².